The number of carbonyl (C=O) groups excluding carboxylic acids is 1. The van der Waals surface area contributed by atoms with E-state index in [4.69, 9.17) is 9.15 Å². The number of ether oxygens (including phenoxy) is 1. The van der Waals surface area contributed by atoms with E-state index in [1.165, 1.54) is 5.56 Å². The standard InChI is InChI=1S/C27H24N4O3/c28-17-21-5-1-2-9-24(21)33-19-23-10-11-25(34-23)27(32)31-15-13-30(14-16-31)18-22-7-3-6-20-8-4-12-29-26(20)22/h1-12H,13-16,18-19H2. The zero-order valence-electron chi connectivity index (χ0n) is 18.7. The summed E-state index contributed by atoms with van der Waals surface area (Å²) in [6.07, 6.45) is 1.83. The van der Waals surface area contributed by atoms with Crippen molar-refractivity contribution in [2.75, 3.05) is 26.2 Å². The first-order chi connectivity index (χ1) is 16.7. The fourth-order valence-corrected chi connectivity index (χ4v) is 4.20. The van der Waals surface area contributed by atoms with Crippen molar-refractivity contribution in [2.24, 2.45) is 0 Å². The van der Waals surface area contributed by atoms with Gasteiger partial charge in [-0.3, -0.25) is 14.7 Å². The third-order valence-corrected chi connectivity index (χ3v) is 6.02. The van der Waals surface area contributed by atoms with Crippen molar-refractivity contribution in [3.63, 3.8) is 0 Å². The van der Waals surface area contributed by atoms with Gasteiger partial charge in [0, 0.05) is 44.3 Å². The van der Waals surface area contributed by atoms with Crippen molar-refractivity contribution in [3.05, 3.63) is 95.6 Å². The number of para-hydroxylation sites is 2. The summed E-state index contributed by atoms with van der Waals surface area (Å²) in [4.78, 5) is 21.7. The average Bonchev–Trinajstić information content (AvgIpc) is 3.37. The number of aromatic nitrogens is 1. The molecule has 34 heavy (non-hydrogen) atoms. The van der Waals surface area contributed by atoms with Gasteiger partial charge in [-0.25, -0.2) is 0 Å². The van der Waals surface area contributed by atoms with Crippen LogP contribution in [0, 0.1) is 11.3 Å². The lowest BCUT2D eigenvalue weighted by atomic mass is 10.1. The van der Waals surface area contributed by atoms with Gasteiger partial charge in [0.25, 0.3) is 5.91 Å². The van der Waals surface area contributed by atoms with Gasteiger partial charge >= 0.3 is 0 Å². The second-order valence-corrected chi connectivity index (χ2v) is 8.22. The molecule has 2 aromatic carbocycles. The van der Waals surface area contributed by atoms with Crippen molar-refractivity contribution in [1.29, 1.82) is 5.26 Å². The number of pyridine rings is 1. The van der Waals surface area contributed by atoms with Crippen molar-refractivity contribution < 1.29 is 13.9 Å². The van der Waals surface area contributed by atoms with Crippen LogP contribution in [0.1, 0.15) is 27.4 Å². The number of piperazine rings is 1. The molecule has 5 rings (SSSR count). The van der Waals surface area contributed by atoms with E-state index in [9.17, 15) is 10.1 Å². The summed E-state index contributed by atoms with van der Waals surface area (Å²) < 4.78 is 11.4. The number of amides is 1. The molecule has 0 bridgehead atoms. The quantitative estimate of drug-likeness (QED) is 0.435. The molecule has 0 atom stereocenters. The molecule has 0 unspecified atom stereocenters. The van der Waals surface area contributed by atoms with E-state index >= 15 is 0 Å². The highest BCUT2D eigenvalue weighted by Gasteiger charge is 2.24. The third kappa shape index (κ3) is 4.63. The third-order valence-electron chi connectivity index (χ3n) is 6.02. The summed E-state index contributed by atoms with van der Waals surface area (Å²) in [5, 5.41) is 10.3. The van der Waals surface area contributed by atoms with Crippen LogP contribution < -0.4 is 4.74 Å². The Morgan fingerprint density at radius 1 is 1.00 bits per heavy atom. The van der Waals surface area contributed by atoms with Crippen molar-refractivity contribution in [3.8, 4) is 11.8 Å². The van der Waals surface area contributed by atoms with E-state index in [-0.39, 0.29) is 12.5 Å². The number of fused-ring (bicyclic) bond motifs is 1. The molecule has 1 aliphatic heterocycles. The second kappa shape index (κ2) is 9.77. The number of nitrogens with zero attached hydrogens (tertiary/aromatic N) is 4. The monoisotopic (exact) mass is 452 g/mol. The molecule has 0 spiro atoms. The summed E-state index contributed by atoms with van der Waals surface area (Å²) in [5.41, 5.74) is 2.69. The maximum absolute atomic E-state index is 12.9. The van der Waals surface area contributed by atoms with Gasteiger partial charge in [-0.2, -0.15) is 5.26 Å². The molecule has 1 saturated heterocycles. The highest BCUT2D eigenvalue weighted by molar-refractivity contribution is 5.91. The van der Waals surface area contributed by atoms with Gasteiger partial charge in [-0.1, -0.05) is 36.4 Å². The van der Waals surface area contributed by atoms with Crippen LogP contribution in [0.5, 0.6) is 5.75 Å². The Morgan fingerprint density at radius 3 is 2.68 bits per heavy atom. The fourth-order valence-electron chi connectivity index (χ4n) is 4.20. The maximum Gasteiger partial charge on any atom is 0.289 e. The fraction of sp³-hybridized carbons (Fsp3) is 0.222. The summed E-state index contributed by atoms with van der Waals surface area (Å²) in [7, 11) is 0. The maximum atomic E-state index is 12.9. The van der Waals surface area contributed by atoms with Gasteiger partial charge in [0.05, 0.1) is 11.1 Å². The Morgan fingerprint density at radius 2 is 1.82 bits per heavy atom. The van der Waals surface area contributed by atoms with Gasteiger partial charge in [-0.15, -0.1) is 0 Å². The Bertz CT molecular complexity index is 1340. The molecule has 0 aliphatic carbocycles. The second-order valence-electron chi connectivity index (χ2n) is 8.22. The van der Waals surface area contributed by atoms with Crippen molar-refractivity contribution >= 4 is 16.8 Å². The van der Waals surface area contributed by atoms with E-state index in [2.05, 4.69) is 40.2 Å². The van der Waals surface area contributed by atoms with Gasteiger partial charge in [0.1, 0.15) is 24.2 Å². The highest BCUT2D eigenvalue weighted by Crippen LogP contribution is 2.21. The number of carbonyl (C=O) groups is 1. The molecular formula is C27H24N4O3. The highest BCUT2D eigenvalue weighted by atomic mass is 16.5. The molecule has 1 amide bonds. The van der Waals surface area contributed by atoms with E-state index in [0.29, 0.717) is 35.9 Å². The Hall–Kier alpha value is -4.15. The number of furan rings is 1. The van der Waals surface area contributed by atoms with Crippen LogP contribution in [0.25, 0.3) is 10.9 Å². The molecule has 1 aliphatic rings. The first-order valence-electron chi connectivity index (χ1n) is 11.3. The summed E-state index contributed by atoms with van der Waals surface area (Å²) >= 11 is 0. The summed E-state index contributed by atoms with van der Waals surface area (Å²) in [6.45, 7) is 3.81. The first-order valence-corrected chi connectivity index (χ1v) is 11.3. The summed E-state index contributed by atoms with van der Waals surface area (Å²) in [6, 6.07) is 22.9. The smallest absolute Gasteiger partial charge is 0.289 e. The minimum Gasteiger partial charge on any atom is -0.484 e. The zero-order chi connectivity index (χ0) is 23.3. The zero-order valence-corrected chi connectivity index (χ0v) is 18.7. The molecule has 2 aromatic heterocycles. The molecule has 4 aromatic rings. The van der Waals surface area contributed by atoms with Crippen LogP contribution in [-0.2, 0) is 13.2 Å². The molecule has 0 radical (unpaired) electrons. The van der Waals surface area contributed by atoms with Gasteiger partial charge in [-0.05, 0) is 35.9 Å². The minimum atomic E-state index is -0.116. The molecule has 0 saturated carbocycles. The van der Waals surface area contributed by atoms with Crippen LogP contribution in [0.2, 0.25) is 0 Å². The molecule has 0 N–H and O–H groups in total. The molecule has 1 fully saturated rings. The number of rotatable bonds is 6. The largest absolute Gasteiger partial charge is 0.484 e. The van der Waals surface area contributed by atoms with E-state index in [0.717, 1.165) is 30.5 Å². The van der Waals surface area contributed by atoms with Crippen LogP contribution in [0.3, 0.4) is 0 Å². The number of hydrogen-bond acceptors (Lipinski definition) is 6. The lowest BCUT2D eigenvalue weighted by Gasteiger charge is -2.34. The Labute approximate surface area is 197 Å². The normalized spacial score (nSPS) is 14.1. The van der Waals surface area contributed by atoms with Crippen LogP contribution in [0.15, 0.2) is 77.3 Å². The number of benzene rings is 2. The number of hydrogen-bond donors (Lipinski definition) is 0. The van der Waals surface area contributed by atoms with Gasteiger partial charge in [0.15, 0.2) is 5.76 Å². The van der Waals surface area contributed by atoms with E-state index < -0.39 is 0 Å². The number of nitriles is 1. The van der Waals surface area contributed by atoms with Crippen LogP contribution in [-0.4, -0.2) is 46.9 Å². The molecule has 7 nitrogen and oxygen atoms in total. The van der Waals surface area contributed by atoms with Crippen LogP contribution in [0.4, 0.5) is 0 Å². The molecule has 3 heterocycles. The van der Waals surface area contributed by atoms with Crippen LogP contribution >= 0.6 is 0 Å². The lowest BCUT2D eigenvalue weighted by molar-refractivity contribution is 0.0594. The Kier molecular flexibility index (Phi) is 6.23. The molecule has 170 valence electrons. The average molecular weight is 453 g/mol. The van der Waals surface area contributed by atoms with Gasteiger partial charge < -0.3 is 14.1 Å². The summed E-state index contributed by atoms with van der Waals surface area (Å²) in [5.74, 6) is 1.22. The molecular weight excluding hydrogens is 428 g/mol. The molecule has 7 heteroatoms. The predicted molar refractivity (Wildman–Crippen MR) is 127 cm³/mol. The predicted octanol–water partition coefficient (Wildman–Crippen LogP) is 4.24. The van der Waals surface area contributed by atoms with Crippen molar-refractivity contribution in [1.82, 2.24) is 14.8 Å². The van der Waals surface area contributed by atoms with Gasteiger partial charge in [0.2, 0.25) is 0 Å². The minimum absolute atomic E-state index is 0.116. The Balaban J connectivity index is 1.16. The SMILES string of the molecule is N#Cc1ccccc1OCc1ccc(C(=O)N2CCN(Cc3cccc4cccnc34)CC2)o1. The first kappa shape index (κ1) is 21.7. The van der Waals surface area contributed by atoms with E-state index in [1.54, 1.807) is 30.3 Å². The van der Waals surface area contributed by atoms with E-state index in [1.807, 2.05) is 23.2 Å². The topological polar surface area (TPSA) is 82.6 Å². The van der Waals surface area contributed by atoms with Crippen molar-refractivity contribution in [2.45, 2.75) is 13.2 Å². The lowest BCUT2D eigenvalue weighted by Crippen LogP contribution is -2.48.